The van der Waals surface area contributed by atoms with E-state index >= 15 is 0 Å². The molecule has 0 unspecified atom stereocenters. The van der Waals surface area contributed by atoms with Crippen molar-refractivity contribution in [1.82, 2.24) is 0 Å². The normalized spacial score (nSPS) is 15.4. The Kier molecular flexibility index (Phi) is 7.45. The number of aryl methyl sites for hydroxylation is 1. The highest BCUT2D eigenvalue weighted by Gasteiger charge is 2.19. The largest absolute Gasteiger partial charge is 0.417 e. The highest BCUT2D eigenvalue weighted by molar-refractivity contribution is 7.86. The summed E-state index contributed by atoms with van der Waals surface area (Å²) in [6.45, 7) is 13.5. The molecule has 23 heavy (non-hydrogen) atoms. The van der Waals surface area contributed by atoms with Gasteiger partial charge >= 0.3 is 0 Å². The van der Waals surface area contributed by atoms with Crippen molar-refractivity contribution in [2.24, 2.45) is 11.8 Å². The Hall–Kier alpha value is -0.693. The standard InChI is InChI=1S/C17H30O4SSi/c1-14-7-9-17(10-8-14)22(18,19)20-12-15(2)11-16(3)13-21-23(4,5)6/h7-10,15-16H,11-13H2,1-6H3/t15-,16-/m1/s1. The third-order valence-electron chi connectivity index (χ3n) is 3.42. The lowest BCUT2D eigenvalue weighted by Gasteiger charge is -2.22. The molecule has 1 rings (SSSR count). The summed E-state index contributed by atoms with van der Waals surface area (Å²) in [4.78, 5) is 0.213. The van der Waals surface area contributed by atoms with E-state index in [0.29, 0.717) is 5.92 Å². The van der Waals surface area contributed by atoms with Gasteiger partial charge in [-0.15, -0.1) is 0 Å². The number of hydrogen-bond acceptors (Lipinski definition) is 4. The summed E-state index contributed by atoms with van der Waals surface area (Å²) in [5.74, 6) is 0.554. The Morgan fingerprint density at radius 2 is 1.52 bits per heavy atom. The summed E-state index contributed by atoms with van der Waals surface area (Å²) >= 11 is 0. The molecule has 0 saturated heterocycles. The Morgan fingerprint density at radius 1 is 1.00 bits per heavy atom. The van der Waals surface area contributed by atoms with Crippen LogP contribution >= 0.6 is 0 Å². The molecule has 132 valence electrons. The number of hydrogen-bond donors (Lipinski definition) is 0. The lowest BCUT2D eigenvalue weighted by molar-refractivity contribution is 0.197. The molecule has 0 aliphatic rings. The fourth-order valence-electron chi connectivity index (χ4n) is 2.19. The maximum atomic E-state index is 12.1. The van der Waals surface area contributed by atoms with Crippen LogP contribution in [0.2, 0.25) is 19.6 Å². The predicted octanol–water partition coefficient (Wildman–Crippen LogP) is 4.21. The Bertz CT molecular complexity index is 576. The first-order valence-corrected chi connectivity index (χ1v) is 12.9. The van der Waals surface area contributed by atoms with Crippen LogP contribution in [0.15, 0.2) is 29.2 Å². The molecule has 0 radical (unpaired) electrons. The van der Waals surface area contributed by atoms with Gasteiger partial charge in [-0.1, -0.05) is 31.5 Å². The zero-order chi connectivity index (χ0) is 17.7. The van der Waals surface area contributed by atoms with Crippen molar-refractivity contribution < 1.29 is 17.0 Å². The summed E-state index contributed by atoms with van der Waals surface area (Å²) in [6, 6.07) is 6.71. The fourth-order valence-corrected chi connectivity index (χ4v) is 4.00. The molecule has 0 aliphatic heterocycles. The molecule has 0 aliphatic carbocycles. The summed E-state index contributed by atoms with van der Waals surface area (Å²) in [5.41, 5.74) is 1.02. The van der Waals surface area contributed by atoms with E-state index in [1.54, 1.807) is 24.3 Å². The van der Waals surface area contributed by atoms with E-state index in [-0.39, 0.29) is 17.4 Å². The van der Waals surface area contributed by atoms with Crippen LogP contribution in [-0.2, 0) is 18.7 Å². The van der Waals surface area contributed by atoms with Gasteiger partial charge in [-0.25, -0.2) is 0 Å². The summed E-state index contributed by atoms with van der Waals surface area (Å²) in [5, 5.41) is 0. The van der Waals surface area contributed by atoms with Crippen molar-refractivity contribution in [1.29, 1.82) is 0 Å². The highest BCUT2D eigenvalue weighted by Crippen LogP contribution is 2.18. The van der Waals surface area contributed by atoms with Gasteiger partial charge in [0.2, 0.25) is 0 Å². The van der Waals surface area contributed by atoms with Crippen LogP contribution in [0, 0.1) is 18.8 Å². The van der Waals surface area contributed by atoms with Crippen LogP contribution in [0.3, 0.4) is 0 Å². The summed E-state index contributed by atoms with van der Waals surface area (Å²) in [6.07, 6.45) is 0.883. The zero-order valence-corrected chi connectivity index (χ0v) is 16.9. The van der Waals surface area contributed by atoms with E-state index in [1.165, 1.54) is 0 Å². The van der Waals surface area contributed by atoms with Crippen molar-refractivity contribution in [3.05, 3.63) is 29.8 Å². The third kappa shape index (κ3) is 8.10. The molecule has 0 N–H and O–H groups in total. The maximum absolute atomic E-state index is 12.1. The van der Waals surface area contributed by atoms with Crippen molar-refractivity contribution >= 4 is 18.4 Å². The SMILES string of the molecule is Cc1ccc(S(=O)(=O)OC[C@H](C)C[C@@H](C)CO[Si](C)(C)C)cc1. The van der Waals surface area contributed by atoms with Crippen molar-refractivity contribution in [2.75, 3.05) is 13.2 Å². The lowest BCUT2D eigenvalue weighted by Crippen LogP contribution is -2.28. The van der Waals surface area contributed by atoms with Gasteiger partial charge in [0.05, 0.1) is 11.5 Å². The van der Waals surface area contributed by atoms with E-state index in [4.69, 9.17) is 8.61 Å². The molecular weight excluding hydrogens is 328 g/mol. The van der Waals surface area contributed by atoms with Gasteiger partial charge in [-0.2, -0.15) is 8.42 Å². The highest BCUT2D eigenvalue weighted by atomic mass is 32.2. The topological polar surface area (TPSA) is 52.6 Å². The second-order valence-corrected chi connectivity index (χ2v) is 13.5. The molecule has 1 aromatic carbocycles. The maximum Gasteiger partial charge on any atom is 0.296 e. The van der Waals surface area contributed by atoms with E-state index in [2.05, 4.69) is 26.6 Å². The summed E-state index contributed by atoms with van der Waals surface area (Å²) < 4.78 is 35.4. The molecule has 0 saturated carbocycles. The Balaban J connectivity index is 2.45. The number of rotatable bonds is 9. The molecule has 6 heteroatoms. The molecule has 4 nitrogen and oxygen atoms in total. The van der Waals surface area contributed by atoms with Crippen LogP contribution < -0.4 is 0 Å². The zero-order valence-electron chi connectivity index (χ0n) is 15.1. The van der Waals surface area contributed by atoms with Gasteiger partial charge in [0, 0.05) is 6.61 Å². The van der Waals surface area contributed by atoms with Crippen LogP contribution in [-0.4, -0.2) is 29.9 Å². The predicted molar refractivity (Wildman–Crippen MR) is 96.6 cm³/mol. The van der Waals surface area contributed by atoms with E-state index < -0.39 is 18.4 Å². The smallest absolute Gasteiger partial charge is 0.296 e. The lowest BCUT2D eigenvalue weighted by atomic mass is 9.99. The molecule has 2 atom stereocenters. The molecule has 1 aromatic rings. The van der Waals surface area contributed by atoms with Gasteiger partial charge in [-0.05, 0) is 57.0 Å². The van der Waals surface area contributed by atoms with Gasteiger partial charge in [0.1, 0.15) is 0 Å². The molecule has 0 spiro atoms. The molecule has 0 fully saturated rings. The van der Waals surface area contributed by atoms with E-state index in [1.807, 2.05) is 13.8 Å². The first-order valence-electron chi connectivity index (χ1n) is 8.09. The van der Waals surface area contributed by atoms with Crippen LogP contribution in [0.1, 0.15) is 25.8 Å². The first kappa shape index (κ1) is 20.4. The second-order valence-electron chi connectivity index (χ2n) is 7.42. The summed E-state index contributed by atoms with van der Waals surface area (Å²) in [7, 11) is -5.16. The molecule has 0 amide bonds. The Morgan fingerprint density at radius 3 is 2.04 bits per heavy atom. The number of benzene rings is 1. The minimum Gasteiger partial charge on any atom is -0.417 e. The van der Waals surface area contributed by atoms with Gasteiger partial charge in [-0.3, -0.25) is 4.18 Å². The second kappa shape index (κ2) is 8.42. The van der Waals surface area contributed by atoms with Gasteiger partial charge < -0.3 is 4.43 Å². The van der Waals surface area contributed by atoms with Crippen molar-refractivity contribution in [3.63, 3.8) is 0 Å². The molecule has 0 bridgehead atoms. The average molecular weight is 359 g/mol. The molecular formula is C17H30O4SSi. The van der Waals surface area contributed by atoms with Gasteiger partial charge in [0.15, 0.2) is 8.32 Å². The van der Waals surface area contributed by atoms with Crippen LogP contribution in [0.25, 0.3) is 0 Å². The fraction of sp³-hybridized carbons (Fsp3) is 0.647. The minimum absolute atomic E-state index is 0.162. The quantitative estimate of drug-likeness (QED) is 0.490. The molecule has 0 aromatic heterocycles. The third-order valence-corrected chi connectivity index (χ3v) is 5.75. The molecule has 0 heterocycles. The van der Waals surface area contributed by atoms with Gasteiger partial charge in [0.25, 0.3) is 10.1 Å². The van der Waals surface area contributed by atoms with Crippen molar-refractivity contribution in [3.8, 4) is 0 Å². The minimum atomic E-state index is -3.67. The average Bonchev–Trinajstić information content (AvgIpc) is 2.43. The Labute approximate surface area is 142 Å². The van der Waals surface area contributed by atoms with Crippen LogP contribution in [0.4, 0.5) is 0 Å². The van der Waals surface area contributed by atoms with Crippen LogP contribution in [0.5, 0.6) is 0 Å². The first-order chi connectivity index (χ1) is 10.5. The monoisotopic (exact) mass is 358 g/mol. The van der Waals surface area contributed by atoms with E-state index in [0.717, 1.165) is 18.6 Å². The van der Waals surface area contributed by atoms with E-state index in [9.17, 15) is 8.42 Å². The van der Waals surface area contributed by atoms with Crippen molar-refractivity contribution in [2.45, 2.75) is 51.7 Å².